The Kier molecular flexibility index (Phi) is 11.9. The molecule has 2 N–H and O–H groups in total. The summed E-state index contributed by atoms with van der Waals surface area (Å²) in [4.78, 5) is 10.7. The van der Waals surface area contributed by atoms with Gasteiger partial charge in [0.1, 0.15) is 6.17 Å². The highest BCUT2D eigenvalue weighted by atomic mass is 19.1. The third-order valence-electron chi connectivity index (χ3n) is 6.86. The van der Waals surface area contributed by atoms with Crippen molar-refractivity contribution in [3.8, 4) is 0 Å². The van der Waals surface area contributed by atoms with E-state index in [-0.39, 0.29) is 24.7 Å². The van der Waals surface area contributed by atoms with Gasteiger partial charge in [-0.05, 0) is 57.8 Å². The number of allylic oxidation sites excluding steroid dienone is 3. The van der Waals surface area contributed by atoms with E-state index in [9.17, 15) is 14.3 Å². The van der Waals surface area contributed by atoms with Crippen LogP contribution in [0.4, 0.5) is 4.39 Å². The summed E-state index contributed by atoms with van der Waals surface area (Å²) in [6.45, 7) is 4.82. The second-order valence-electron chi connectivity index (χ2n) is 9.64. The zero-order valence-corrected chi connectivity index (χ0v) is 19.9. The summed E-state index contributed by atoms with van der Waals surface area (Å²) >= 11 is 0. The van der Waals surface area contributed by atoms with Crippen LogP contribution in [0.2, 0.25) is 0 Å². The molecule has 1 aliphatic carbocycles. The third kappa shape index (κ3) is 8.60. The summed E-state index contributed by atoms with van der Waals surface area (Å²) in [5.41, 5.74) is -0.476. The van der Waals surface area contributed by atoms with Crippen LogP contribution in [0.15, 0.2) is 24.3 Å². The van der Waals surface area contributed by atoms with Crippen LogP contribution in [0, 0.1) is 11.3 Å². The van der Waals surface area contributed by atoms with Crippen LogP contribution in [0.1, 0.15) is 90.9 Å². The molecule has 0 aromatic rings. The van der Waals surface area contributed by atoms with E-state index >= 15 is 0 Å². The number of aliphatic carboxylic acids is 1. The molecule has 184 valence electrons. The van der Waals surface area contributed by atoms with E-state index in [1.807, 2.05) is 24.3 Å². The lowest BCUT2D eigenvalue weighted by Crippen LogP contribution is -2.42. The molecular weight excluding hydrogens is 411 g/mol. The minimum atomic E-state index is -0.821. The molecule has 0 radical (unpaired) electrons. The molecule has 0 bridgehead atoms. The third-order valence-corrected chi connectivity index (χ3v) is 6.86. The number of unbranched alkanes of at least 4 members (excludes halogenated alkanes) is 2. The highest BCUT2D eigenvalue weighted by Crippen LogP contribution is 2.48. The van der Waals surface area contributed by atoms with E-state index < -0.39 is 23.7 Å². The van der Waals surface area contributed by atoms with Gasteiger partial charge in [0.15, 0.2) is 6.29 Å². The highest BCUT2D eigenvalue weighted by molar-refractivity contribution is 5.66. The molecular formula is C26H43FO5. The maximum Gasteiger partial charge on any atom is 0.303 e. The van der Waals surface area contributed by atoms with E-state index in [1.165, 1.54) is 0 Å². The first-order chi connectivity index (χ1) is 15.4. The van der Waals surface area contributed by atoms with Crippen molar-refractivity contribution in [3.05, 3.63) is 24.3 Å². The van der Waals surface area contributed by atoms with E-state index in [0.29, 0.717) is 45.1 Å². The van der Waals surface area contributed by atoms with Crippen molar-refractivity contribution < 1.29 is 28.9 Å². The average Bonchev–Trinajstić information content (AvgIpc) is 2.99. The van der Waals surface area contributed by atoms with Gasteiger partial charge in [0.25, 0.3) is 0 Å². The fraction of sp³-hybridized carbons (Fsp3) is 0.808. The molecule has 2 unspecified atom stereocenters. The van der Waals surface area contributed by atoms with Crippen LogP contribution in [-0.4, -0.2) is 47.5 Å². The molecule has 2 rings (SSSR count). The monoisotopic (exact) mass is 454 g/mol. The molecule has 0 aromatic carbocycles. The summed E-state index contributed by atoms with van der Waals surface area (Å²) < 4.78 is 26.3. The number of hydrogen-bond acceptors (Lipinski definition) is 4. The fourth-order valence-electron chi connectivity index (χ4n) is 4.77. The zero-order chi connectivity index (χ0) is 23.4. The van der Waals surface area contributed by atoms with Crippen molar-refractivity contribution in [1.82, 2.24) is 0 Å². The molecule has 6 atom stereocenters. The summed E-state index contributed by atoms with van der Waals surface area (Å²) in [7, 11) is 0. The smallest absolute Gasteiger partial charge is 0.303 e. The standard InChI is InChI=1S/C26H43FO5/c1-3-4-13-21(27)14-11-12-20-19-22(28)26(2,17-9-6-5-7-15-23(29)30)25(20)32-24-16-8-10-18-31-24/h6,9,11-12,20-22,24-25,28H,3-5,7-8,10,13-19H2,1-2H3,(H,29,30)/b9-6?,12-11+/t20-,21?,22+,24?,25+,26+/m1/s1. The lowest BCUT2D eigenvalue weighted by molar-refractivity contribution is -0.215. The molecule has 0 spiro atoms. The lowest BCUT2D eigenvalue weighted by Gasteiger charge is -2.38. The quantitative estimate of drug-likeness (QED) is 0.250. The Hall–Kier alpha value is -1.24. The Labute approximate surface area is 193 Å². The van der Waals surface area contributed by atoms with Crippen LogP contribution in [0.25, 0.3) is 0 Å². The fourth-order valence-corrected chi connectivity index (χ4v) is 4.77. The molecule has 1 saturated carbocycles. The van der Waals surface area contributed by atoms with Gasteiger partial charge in [0.2, 0.25) is 0 Å². The summed E-state index contributed by atoms with van der Waals surface area (Å²) in [6, 6.07) is 0. The van der Waals surface area contributed by atoms with Gasteiger partial charge in [-0.2, -0.15) is 0 Å². The molecule has 6 heteroatoms. The number of carboxylic acids is 1. The Morgan fingerprint density at radius 3 is 2.78 bits per heavy atom. The summed E-state index contributed by atoms with van der Waals surface area (Å²) in [6.07, 6.45) is 14.7. The van der Waals surface area contributed by atoms with Crippen molar-refractivity contribution >= 4 is 5.97 Å². The Morgan fingerprint density at radius 2 is 2.09 bits per heavy atom. The molecule has 1 saturated heterocycles. The minimum Gasteiger partial charge on any atom is -0.481 e. The van der Waals surface area contributed by atoms with Crippen LogP contribution >= 0.6 is 0 Å². The van der Waals surface area contributed by atoms with E-state index in [4.69, 9.17) is 14.6 Å². The van der Waals surface area contributed by atoms with Crippen LogP contribution < -0.4 is 0 Å². The number of aliphatic hydroxyl groups is 1. The average molecular weight is 455 g/mol. The Balaban J connectivity index is 2.02. The molecule has 1 heterocycles. The van der Waals surface area contributed by atoms with Crippen molar-refractivity contribution in [2.75, 3.05) is 6.61 Å². The van der Waals surface area contributed by atoms with Crippen LogP contribution in [0.5, 0.6) is 0 Å². The van der Waals surface area contributed by atoms with E-state index in [1.54, 1.807) is 0 Å². The number of alkyl halides is 1. The van der Waals surface area contributed by atoms with Gasteiger partial charge in [-0.25, -0.2) is 4.39 Å². The SMILES string of the molecule is CCCCC(F)C/C=C/[C@@H]1C[C@H](O)[C@](C)(CC=CCCCC(=O)O)[C@H]1OC1CCCCO1. The maximum absolute atomic E-state index is 14.1. The molecule has 2 aliphatic rings. The van der Waals surface area contributed by atoms with Gasteiger partial charge >= 0.3 is 5.97 Å². The van der Waals surface area contributed by atoms with Crippen LogP contribution in [-0.2, 0) is 14.3 Å². The largest absolute Gasteiger partial charge is 0.481 e. The van der Waals surface area contributed by atoms with Gasteiger partial charge in [-0.15, -0.1) is 0 Å². The number of rotatable bonds is 14. The Morgan fingerprint density at radius 1 is 1.28 bits per heavy atom. The summed E-state index contributed by atoms with van der Waals surface area (Å²) in [5.74, 6) is -0.767. The molecule has 0 amide bonds. The Bertz CT molecular complexity index is 601. The second-order valence-corrected chi connectivity index (χ2v) is 9.64. The van der Waals surface area contributed by atoms with Crippen molar-refractivity contribution in [3.63, 3.8) is 0 Å². The number of hydrogen-bond donors (Lipinski definition) is 2. The number of ether oxygens (including phenoxy) is 2. The molecule has 32 heavy (non-hydrogen) atoms. The minimum absolute atomic E-state index is 0.0133. The predicted molar refractivity (Wildman–Crippen MR) is 124 cm³/mol. The number of aliphatic hydroxyl groups excluding tert-OH is 1. The van der Waals surface area contributed by atoms with Crippen molar-refractivity contribution in [2.24, 2.45) is 11.3 Å². The molecule has 2 fully saturated rings. The summed E-state index contributed by atoms with van der Waals surface area (Å²) in [5, 5.41) is 19.7. The molecule has 5 nitrogen and oxygen atoms in total. The number of halogens is 1. The predicted octanol–water partition coefficient (Wildman–Crippen LogP) is 5.96. The number of carboxylic acid groups (broad SMARTS) is 1. The normalized spacial score (nSPS) is 32.1. The maximum atomic E-state index is 14.1. The van der Waals surface area contributed by atoms with Gasteiger partial charge in [0, 0.05) is 24.4 Å². The van der Waals surface area contributed by atoms with Crippen molar-refractivity contribution in [1.29, 1.82) is 0 Å². The zero-order valence-electron chi connectivity index (χ0n) is 19.9. The van der Waals surface area contributed by atoms with Gasteiger partial charge < -0.3 is 19.7 Å². The second kappa shape index (κ2) is 14.1. The van der Waals surface area contributed by atoms with E-state index in [2.05, 4.69) is 13.8 Å². The van der Waals surface area contributed by atoms with Crippen molar-refractivity contribution in [2.45, 2.75) is 116 Å². The first kappa shape index (κ1) is 27.0. The van der Waals surface area contributed by atoms with Gasteiger partial charge in [0.05, 0.1) is 12.2 Å². The first-order valence-electron chi connectivity index (χ1n) is 12.5. The van der Waals surface area contributed by atoms with Crippen LogP contribution in [0.3, 0.4) is 0 Å². The highest BCUT2D eigenvalue weighted by Gasteiger charge is 2.51. The van der Waals surface area contributed by atoms with E-state index in [0.717, 1.165) is 32.1 Å². The topological polar surface area (TPSA) is 76.0 Å². The van der Waals surface area contributed by atoms with Gasteiger partial charge in [-0.1, -0.05) is 51.0 Å². The lowest BCUT2D eigenvalue weighted by atomic mass is 9.79. The first-order valence-corrected chi connectivity index (χ1v) is 12.5. The number of carbonyl (C=O) groups is 1. The molecule has 1 aliphatic heterocycles. The van der Waals surface area contributed by atoms with Gasteiger partial charge in [-0.3, -0.25) is 4.79 Å². The molecule has 0 aromatic heterocycles.